The molecule has 17 heavy (non-hydrogen) atoms. The number of piperidine rings is 1. The summed E-state index contributed by atoms with van der Waals surface area (Å²) in [6, 6.07) is 1.82. The number of nitrogens with zero attached hydrogens (tertiary/aromatic N) is 1. The van der Waals surface area contributed by atoms with Crippen LogP contribution in [0.3, 0.4) is 0 Å². The van der Waals surface area contributed by atoms with E-state index in [1.807, 2.05) is 24.8 Å². The smallest absolute Gasteiger partial charge is 0.289 e. The van der Waals surface area contributed by atoms with E-state index in [0.29, 0.717) is 11.7 Å². The lowest BCUT2D eigenvalue weighted by Crippen LogP contribution is -2.40. The van der Waals surface area contributed by atoms with Crippen LogP contribution in [0.1, 0.15) is 35.9 Å². The lowest BCUT2D eigenvalue weighted by molar-refractivity contribution is 0.0657. The van der Waals surface area contributed by atoms with Gasteiger partial charge in [0, 0.05) is 24.0 Å². The summed E-state index contributed by atoms with van der Waals surface area (Å²) in [5, 5.41) is 0.192. The van der Waals surface area contributed by atoms with Crippen LogP contribution >= 0.6 is 11.6 Å². The van der Waals surface area contributed by atoms with Crippen LogP contribution in [0.15, 0.2) is 16.7 Å². The van der Waals surface area contributed by atoms with Gasteiger partial charge in [-0.1, -0.05) is 0 Å². The van der Waals surface area contributed by atoms with E-state index in [-0.39, 0.29) is 11.3 Å². The molecule has 0 N–H and O–H groups in total. The summed E-state index contributed by atoms with van der Waals surface area (Å²) < 4.78 is 5.24. The van der Waals surface area contributed by atoms with Gasteiger partial charge in [0.05, 0.1) is 6.26 Å². The van der Waals surface area contributed by atoms with Crippen molar-refractivity contribution in [3.63, 3.8) is 0 Å². The largest absolute Gasteiger partial charge is 0.459 e. The van der Waals surface area contributed by atoms with Crippen LogP contribution in [0.4, 0.5) is 0 Å². The molecule has 0 spiro atoms. The molecule has 0 bridgehead atoms. The predicted octanol–water partition coefficient (Wildman–Crippen LogP) is 3.07. The van der Waals surface area contributed by atoms with Crippen LogP contribution in [-0.4, -0.2) is 29.3 Å². The third-order valence-electron chi connectivity index (χ3n) is 3.53. The fourth-order valence-electron chi connectivity index (χ4n) is 2.30. The van der Waals surface area contributed by atoms with Gasteiger partial charge in [0.25, 0.3) is 5.91 Å². The third-order valence-corrected chi connectivity index (χ3v) is 3.89. The first-order valence-electron chi connectivity index (χ1n) is 6.07. The number of rotatable bonds is 2. The van der Waals surface area contributed by atoms with E-state index in [9.17, 15) is 4.79 Å². The first-order valence-corrected chi connectivity index (χ1v) is 6.50. The topological polar surface area (TPSA) is 33.5 Å². The Morgan fingerprint density at radius 1 is 1.53 bits per heavy atom. The highest BCUT2D eigenvalue weighted by Gasteiger charge is 2.27. The minimum atomic E-state index is 0.00757. The predicted molar refractivity (Wildman–Crippen MR) is 67.4 cm³/mol. The molecule has 1 fully saturated rings. The highest BCUT2D eigenvalue weighted by Crippen LogP contribution is 2.25. The molecule has 0 aromatic carbocycles. The highest BCUT2D eigenvalue weighted by atomic mass is 35.5. The van der Waals surface area contributed by atoms with Crippen LogP contribution in [-0.2, 0) is 0 Å². The van der Waals surface area contributed by atoms with Crippen molar-refractivity contribution >= 4 is 17.5 Å². The Labute approximate surface area is 107 Å². The Kier molecular flexibility index (Phi) is 3.77. The summed E-state index contributed by atoms with van der Waals surface area (Å²) in [5.74, 6) is 1.01. The molecule has 4 heteroatoms. The molecule has 1 aliphatic heterocycles. The molecule has 1 aromatic rings. The van der Waals surface area contributed by atoms with E-state index in [2.05, 4.69) is 0 Å². The number of amides is 1. The minimum Gasteiger partial charge on any atom is -0.459 e. The zero-order valence-electron chi connectivity index (χ0n) is 10.3. The van der Waals surface area contributed by atoms with E-state index in [1.54, 1.807) is 6.26 Å². The van der Waals surface area contributed by atoms with Crippen LogP contribution in [0, 0.1) is 12.8 Å². The zero-order valence-corrected chi connectivity index (χ0v) is 11.0. The molecule has 2 rings (SSSR count). The summed E-state index contributed by atoms with van der Waals surface area (Å²) >= 11 is 6.09. The van der Waals surface area contributed by atoms with Gasteiger partial charge in [0.1, 0.15) is 0 Å². The van der Waals surface area contributed by atoms with Gasteiger partial charge in [-0.2, -0.15) is 0 Å². The molecule has 1 aliphatic rings. The zero-order chi connectivity index (χ0) is 12.4. The van der Waals surface area contributed by atoms with E-state index >= 15 is 0 Å². The Hall–Kier alpha value is -0.960. The van der Waals surface area contributed by atoms with Gasteiger partial charge in [0.2, 0.25) is 0 Å². The van der Waals surface area contributed by atoms with Crippen LogP contribution in [0.5, 0.6) is 0 Å². The van der Waals surface area contributed by atoms with Crippen molar-refractivity contribution in [3.8, 4) is 0 Å². The van der Waals surface area contributed by atoms with Crippen molar-refractivity contribution in [2.75, 3.05) is 13.1 Å². The number of hydrogen-bond donors (Lipinski definition) is 0. The Balaban J connectivity index is 1.98. The van der Waals surface area contributed by atoms with Gasteiger partial charge in [0.15, 0.2) is 5.76 Å². The van der Waals surface area contributed by atoms with E-state index in [4.69, 9.17) is 16.0 Å². The molecule has 1 amide bonds. The molecule has 1 unspecified atom stereocenters. The van der Waals surface area contributed by atoms with Gasteiger partial charge in [-0.25, -0.2) is 0 Å². The van der Waals surface area contributed by atoms with Gasteiger partial charge in [-0.3, -0.25) is 4.79 Å². The lowest BCUT2D eigenvalue weighted by Gasteiger charge is -2.32. The van der Waals surface area contributed by atoms with Crippen LogP contribution < -0.4 is 0 Å². The van der Waals surface area contributed by atoms with Crippen LogP contribution in [0.2, 0.25) is 0 Å². The van der Waals surface area contributed by atoms with Gasteiger partial charge in [-0.05, 0) is 38.7 Å². The minimum absolute atomic E-state index is 0.00757. The average molecular weight is 256 g/mol. The summed E-state index contributed by atoms with van der Waals surface area (Å²) in [6.07, 6.45) is 3.53. The standard InChI is InChI=1S/C13H18ClNO2/c1-9-5-8-17-12(9)13(16)15-6-3-11(4-7-15)10(2)14/h5,8,10-11H,3-4,6-7H2,1-2H3. The normalized spacial score (nSPS) is 19.4. The van der Waals surface area contributed by atoms with E-state index in [0.717, 1.165) is 31.5 Å². The number of hydrogen-bond acceptors (Lipinski definition) is 2. The fraction of sp³-hybridized carbons (Fsp3) is 0.615. The number of carbonyl (C=O) groups is 1. The monoisotopic (exact) mass is 255 g/mol. The Bertz CT molecular complexity index is 392. The van der Waals surface area contributed by atoms with Crippen molar-refractivity contribution < 1.29 is 9.21 Å². The molecule has 94 valence electrons. The molecule has 2 heterocycles. The van der Waals surface area contributed by atoms with Crippen molar-refractivity contribution in [1.29, 1.82) is 0 Å². The van der Waals surface area contributed by atoms with Gasteiger partial charge in [-0.15, -0.1) is 11.6 Å². The molecule has 1 atom stereocenters. The van der Waals surface area contributed by atoms with Gasteiger partial charge < -0.3 is 9.32 Å². The Morgan fingerprint density at radius 2 is 2.18 bits per heavy atom. The van der Waals surface area contributed by atoms with Crippen molar-refractivity contribution in [1.82, 2.24) is 4.90 Å². The first kappa shape index (κ1) is 12.5. The molecule has 3 nitrogen and oxygen atoms in total. The second-order valence-electron chi connectivity index (χ2n) is 4.74. The quantitative estimate of drug-likeness (QED) is 0.761. The summed E-state index contributed by atoms with van der Waals surface area (Å²) in [7, 11) is 0. The fourth-order valence-corrected chi connectivity index (χ4v) is 2.55. The lowest BCUT2D eigenvalue weighted by atomic mass is 9.94. The number of alkyl halides is 1. The second kappa shape index (κ2) is 5.13. The first-order chi connectivity index (χ1) is 8.09. The summed E-state index contributed by atoms with van der Waals surface area (Å²) in [6.45, 7) is 5.48. The second-order valence-corrected chi connectivity index (χ2v) is 5.43. The maximum absolute atomic E-state index is 12.2. The van der Waals surface area contributed by atoms with Crippen molar-refractivity contribution in [2.45, 2.75) is 32.1 Å². The molecule has 1 aromatic heterocycles. The SMILES string of the molecule is Cc1ccoc1C(=O)N1CCC(C(C)Cl)CC1. The number of carbonyl (C=O) groups excluding carboxylic acids is 1. The summed E-state index contributed by atoms with van der Waals surface area (Å²) in [4.78, 5) is 14.0. The van der Waals surface area contributed by atoms with Gasteiger partial charge >= 0.3 is 0 Å². The van der Waals surface area contributed by atoms with Crippen molar-refractivity contribution in [3.05, 3.63) is 23.7 Å². The number of furan rings is 1. The third kappa shape index (κ3) is 2.65. The Morgan fingerprint density at radius 3 is 2.65 bits per heavy atom. The molecule has 1 saturated heterocycles. The average Bonchev–Trinajstić information content (AvgIpc) is 2.74. The van der Waals surface area contributed by atoms with Crippen molar-refractivity contribution in [2.24, 2.45) is 5.92 Å². The maximum atomic E-state index is 12.2. The number of halogens is 1. The van der Waals surface area contributed by atoms with E-state index < -0.39 is 0 Å². The molecule has 0 aliphatic carbocycles. The molecule has 0 radical (unpaired) electrons. The molecular formula is C13H18ClNO2. The van der Waals surface area contributed by atoms with E-state index in [1.165, 1.54) is 0 Å². The molecular weight excluding hydrogens is 238 g/mol. The number of aryl methyl sites for hydroxylation is 1. The highest BCUT2D eigenvalue weighted by molar-refractivity contribution is 6.20. The summed E-state index contributed by atoms with van der Waals surface area (Å²) in [5.41, 5.74) is 0.905. The number of likely N-dealkylation sites (tertiary alicyclic amines) is 1. The maximum Gasteiger partial charge on any atom is 0.289 e. The molecule has 0 saturated carbocycles. The van der Waals surface area contributed by atoms with Crippen LogP contribution in [0.25, 0.3) is 0 Å².